The van der Waals surface area contributed by atoms with E-state index >= 15 is 0 Å². The van der Waals surface area contributed by atoms with Crippen molar-refractivity contribution in [3.05, 3.63) is 54.0 Å². The number of nitrogens with zero attached hydrogens (tertiary/aromatic N) is 1. The number of carbonyl (C=O) groups is 1. The standard InChI is InChI=1S/C16H17F3N2O4S/c1-26(23,24)21(13-6-4-12(5-7-13)16(17,18)19)9-8-15(22)20-11-14-3-2-10-25-14/h2-7,10H,8-9,11H2,1H3,(H,20,22). The van der Waals surface area contributed by atoms with Crippen LogP contribution >= 0.6 is 0 Å². The highest BCUT2D eigenvalue weighted by molar-refractivity contribution is 7.92. The van der Waals surface area contributed by atoms with Gasteiger partial charge < -0.3 is 9.73 Å². The fourth-order valence-electron chi connectivity index (χ4n) is 2.19. The highest BCUT2D eigenvalue weighted by Gasteiger charge is 2.30. The number of amides is 1. The molecule has 0 unspecified atom stereocenters. The van der Waals surface area contributed by atoms with Gasteiger partial charge in [0.15, 0.2) is 0 Å². The van der Waals surface area contributed by atoms with Crippen LogP contribution in [-0.4, -0.2) is 27.1 Å². The largest absolute Gasteiger partial charge is 0.467 e. The van der Waals surface area contributed by atoms with E-state index in [4.69, 9.17) is 4.42 Å². The smallest absolute Gasteiger partial charge is 0.416 e. The molecule has 26 heavy (non-hydrogen) atoms. The van der Waals surface area contributed by atoms with Crippen molar-refractivity contribution >= 4 is 21.6 Å². The van der Waals surface area contributed by atoms with Crippen LogP contribution in [0.2, 0.25) is 0 Å². The van der Waals surface area contributed by atoms with Gasteiger partial charge in [-0.25, -0.2) is 8.42 Å². The normalized spacial score (nSPS) is 12.0. The van der Waals surface area contributed by atoms with Gasteiger partial charge in [-0.2, -0.15) is 13.2 Å². The predicted octanol–water partition coefficient (Wildman–Crippen LogP) is 2.77. The topological polar surface area (TPSA) is 79.6 Å². The van der Waals surface area contributed by atoms with Crippen LogP contribution in [0.5, 0.6) is 0 Å². The summed E-state index contributed by atoms with van der Waals surface area (Å²) in [5, 5.41) is 2.57. The van der Waals surface area contributed by atoms with Crippen LogP contribution in [0.1, 0.15) is 17.7 Å². The zero-order valence-electron chi connectivity index (χ0n) is 13.8. The molecule has 1 amide bonds. The highest BCUT2D eigenvalue weighted by Crippen LogP contribution is 2.31. The third-order valence-corrected chi connectivity index (χ3v) is 4.66. The summed E-state index contributed by atoms with van der Waals surface area (Å²) in [6.07, 6.45) is -2.29. The summed E-state index contributed by atoms with van der Waals surface area (Å²) in [6, 6.07) is 7.05. The van der Waals surface area contributed by atoms with E-state index in [0.29, 0.717) is 5.76 Å². The second kappa shape index (κ2) is 7.81. The minimum Gasteiger partial charge on any atom is -0.467 e. The molecule has 142 valence electrons. The van der Waals surface area contributed by atoms with Crippen LogP contribution in [0, 0.1) is 0 Å². The second-order valence-corrected chi connectivity index (χ2v) is 7.39. The van der Waals surface area contributed by atoms with E-state index in [1.165, 1.54) is 6.26 Å². The van der Waals surface area contributed by atoms with E-state index < -0.39 is 27.7 Å². The molecule has 1 aromatic carbocycles. The Morgan fingerprint density at radius 3 is 2.35 bits per heavy atom. The Hall–Kier alpha value is -2.49. The van der Waals surface area contributed by atoms with Crippen LogP contribution in [0.4, 0.5) is 18.9 Å². The van der Waals surface area contributed by atoms with Crippen molar-refractivity contribution in [2.24, 2.45) is 0 Å². The molecular weight excluding hydrogens is 373 g/mol. The van der Waals surface area contributed by atoms with Crippen molar-refractivity contribution < 1.29 is 30.8 Å². The van der Waals surface area contributed by atoms with Gasteiger partial charge in [0.1, 0.15) is 5.76 Å². The monoisotopic (exact) mass is 390 g/mol. The molecule has 0 saturated carbocycles. The molecule has 1 N–H and O–H groups in total. The lowest BCUT2D eigenvalue weighted by atomic mass is 10.2. The number of anilines is 1. The van der Waals surface area contributed by atoms with Crippen LogP contribution in [0.3, 0.4) is 0 Å². The number of alkyl halides is 3. The SMILES string of the molecule is CS(=O)(=O)N(CCC(=O)NCc1ccco1)c1ccc(C(F)(F)F)cc1. The Bertz CT molecular complexity index is 831. The van der Waals surface area contributed by atoms with Crippen LogP contribution in [-0.2, 0) is 27.5 Å². The molecule has 0 fully saturated rings. The first-order chi connectivity index (χ1) is 12.1. The quantitative estimate of drug-likeness (QED) is 0.789. The highest BCUT2D eigenvalue weighted by atomic mass is 32.2. The fourth-order valence-corrected chi connectivity index (χ4v) is 3.12. The molecule has 0 saturated heterocycles. The summed E-state index contributed by atoms with van der Waals surface area (Å²) in [5.74, 6) is 0.128. The minimum atomic E-state index is -4.51. The molecule has 1 heterocycles. The first kappa shape index (κ1) is 19.8. The van der Waals surface area contributed by atoms with Crippen LogP contribution in [0.25, 0.3) is 0 Å². The number of carbonyl (C=O) groups excluding carboxylic acids is 1. The number of nitrogens with one attached hydrogen (secondary N) is 1. The van der Waals surface area contributed by atoms with E-state index in [1.807, 2.05) is 0 Å². The van der Waals surface area contributed by atoms with Gasteiger partial charge >= 0.3 is 6.18 Å². The molecular formula is C16H17F3N2O4S. The number of hydrogen-bond acceptors (Lipinski definition) is 4. The summed E-state index contributed by atoms with van der Waals surface area (Å²) in [5.41, 5.74) is -0.828. The molecule has 0 radical (unpaired) electrons. The van der Waals surface area contributed by atoms with E-state index in [-0.39, 0.29) is 25.2 Å². The maximum Gasteiger partial charge on any atom is 0.416 e. The number of benzene rings is 1. The summed E-state index contributed by atoms with van der Waals surface area (Å²) in [6.45, 7) is -0.0425. The number of hydrogen-bond donors (Lipinski definition) is 1. The maximum atomic E-state index is 12.6. The van der Waals surface area contributed by atoms with Gasteiger partial charge in [0.05, 0.1) is 30.3 Å². The van der Waals surface area contributed by atoms with E-state index in [1.54, 1.807) is 12.1 Å². The van der Waals surface area contributed by atoms with Crippen molar-refractivity contribution in [1.82, 2.24) is 5.32 Å². The molecule has 10 heteroatoms. The number of furan rings is 1. The summed E-state index contributed by atoms with van der Waals surface area (Å²) < 4.78 is 67.7. The van der Waals surface area contributed by atoms with Crippen molar-refractivity contribution in [1.29, 1.82) is 0 Å². The Morgan fingerprint density at radius 2 is 1.85 bits per heavy atom. The van der Waals surface area contributed by atoms with Gasteiger partial charge in [0, 0.05) is 13.0 Å². The number of sulfonamides is 1. The second-order valence-electron chi connectivity index (χ2n) is 5.49. The van der Waals surface area contributed by atoms with Gasteiger partial charge in [-0.15, -0.1) is 0 Å². The Labute approximate surface area is 148 Å². The lowest BCUT2D eigenvalue weighted by Gasteiger charge is -2.22. The van der Waals surface area contributed by atoms with Gasteiger partial charge in [-0.3, -0.25) is 9.10 Å². The van der Waals surface area contributed by atoms with Crippen LogP contribution in [0.15, 0.2) is 47.1 Å². The van der Waals surface area contributed by atoms with E-state index in [2.05, 4.69) is 5.32 Å². The van der Waals surface area contributed by atoms with Crippen molar-refractivity contribution in [2.45, 2.75) is 19.1 Å². The van der Waals surface area contributed by atoms with Gasteiger partial charge in [-0.1, -0.05) is 0 Å². The number of halogens is 3. The zero-order valence-corrected chi connectivity index (χ0v) is 14.6. The summed E-state index contributed by atoms with van der Waals surface area (Å²) in [4.78, 5) is 11.9. The lowest BCUT2D eigenvalue weighted by Crippen LogP contribution is -2.34. The molecule has 0 aliphatic carbocycles. The molecule has 0 aliphatic rings. The van der Waals surface area contributed by atoms with Gasteiger partial charge in [0.2, 0.25) is 15.9 Å². The molecule has 0 aliphatic heterocycles. The Morgan fingerprint density at radius 1 is 1.19 bits per heavy atom. The molecule has 6 nitrogen and oxygen atoms in total. The van der Waals surface area contributed by atoms with Crippen LogP contribution < -0.4 is 9.62 Å². The molecule has 2 aromatic rings. The third kappa shape index (κ3) is 5.51. The zero-order chi connectivity index (χ0) is 19.4. The first-order valence-electron chi connectivity index (χ1n) is 7.51. The summed E-state index contributed by atoms with van der Waals surface area (Å²) in [7, 11) is -3.77. The Balaban J connectivity index is 2.02. The third-order valence-electron chi connectivity index (χ3n) is 3.46. The first-order valence-corrected chi connectivity index (χ1v) is 9.36. The molecule has 1 aromatic heterocycles. The van der Waals surface area contributed by atoms with Crippen molar-refractivity contribution in [3.8, 4) is 0 Å². The van der Waals surface area contributed by atoms with E-state index in [9.17, 15) is 26.4 Å². The maximum absolute atomic E-state index is 12.6. The van der Waals surface area contributed by atoms with Gasteiger partial charge in [-0.05, 0) is 36.4 Å². The Kier molecular flexibility index (Phi) is 5.96. The molecule has 0 spiro atoms. The average molecular weight is 390 g/mol. The fraction of sp³-hybridized carbons (Fsp3) is 0.312. The molecule has 2 rings (SSSR count). The average Bonchev–Trinajstić information content (AvgIpc) is 3.05. The van der Waals surface area contributed by atoms with Gasteiger partial charge in [0.25, 0.3) is 0 Å². The van der Waals surface area contributed by atoms with E-state index in [0.717, 1.165) is 34.8 Å². The van der Waals surface area contributed by atoms with Crippen molar-refractivity contribution in [2.75, 3.05) is 17.1 Å². The summed E-state index contributed by atoms with van der Waals surface area (Å²) >= 11 is 0. The predicted molar refractivity (Wildman–Crippen MR) is 88.8 cm³/mol. The molecule has 0 bridgehead atoms. The minimum absolute atomic E-state index is 0.0549. The van der Waals surface area contributed by atoms with Crippen molar-refractivity contribution in [3.63, 3.8) is 0 Å². The lowest BCUT2D eigenvalue weighted by molar-refractivity contribution is -0.137. The molecule has 0 atom stereocenters. The number of rotatable bonds is 7.